The van der Waals surface area contributed by atoms with Crippen molar-refractivity contribution in [2.45, 2.75) is 71.1 Å². The monoisotopic (exact) mass is 353 g/mol. The van der Waals surface area contributed by atoms with Crippen LogP contribution in [0.25, 0.3) is 0 Å². The minimum Gasteiger partial charge on any atom is -0.451 e. The number of carbonyl (C=O) groups is 4. The Balaban J connectivity index is 1.98. The molecule has 0 aromatic rings. The average molecular weight is 353 g/mol. The normalized spacial score (nSPS) is 27.4. The van der Waals surface area contributed by atoms with Crippen molar-refractivity contribution in [3.63, 3.8) is 0 Å². The zero-order valence-electron chi connectivity index (χ0n) is 15.3. The highest BCUT2D eigenvalue weighted by atomic mass is 16.5. The van der Waals surface area contributed by atoms with Crippen molar-refractivity contribution in [2.24, 2.45) is 5.92 Å². The molecule has 1 aliphatic carbocycles. The first-order chi connectivity index (χ1) is 11.7. The molecule has 1 saturated heterocycles. The second kappa shape index (κ2) is 7.41. The summed E-state index contributed by atoms with van der Waals surface area (Å²) in [6, 6.07) is -0.651. The summed E-state index contributed by atoms with van der Waals surface area (Å²) in [6.07, 6.45) is 2.34. The first-order valence-corrected chi connectivity index (χ1v) is 8.81. The molecule has 1 spiro atoms. The van der Waals surface area contributed by atoms with Gasteiger partial charge in [-0.15, -0.1) is 0 Å². The van der Waals surface area contributed by atoms with E-state index in [1.165, 1.54) is 6.92 Å². The van der Waals surface area contributed by atoms with Crippen LogP contribution in [0.4, 0.5) is 4.79 Å². The summed E-state index contributed by atoms with van der Waals surface area (Å²) in [5.74, 6) is -1.55. The Bertz CT molecular complexity index is 577. The van der Waals surface area contributed by atoms with Gasteiger partial charge in [0.1, 0.15) is 12.1 Å². The molecule has 4 amide bonds. The number of ether oxygens (including phenoxy) is 1. The molecule has 0 aromatic heterocycles. The van der Waals surface area contributed by atoms with Gasteiger partial charge in [0.2, 0.25) is 0 Å². The van der Waals surface area contributed by atoms with Gasteiger partial charge in [-0.1, -0.05) is 19.8 Å². The summed E-state index contributed by atoms with van der Waals surface area (Å²) in [6.45, 7) is 6.50. The van der Waals surface area contributed by atoms with Crippen LogP contribution in [0, 0.1) is 5.92 Å². The van der Waals surface area contributed by atoms with Gasteiger partial charge in [0.25, 0.3) is 11.8 Å². The number of rotatable bonds is 5. The lowest BCUT2D eigenvalue weighted by atomic mass is 9.73. The summed E-state index contributed by atoms with van der Waals surface area (Å²) < 4.78 is 5.05. The van der Waals surface area contributed by atoms with E-state index in [-0.39, 0.29) is 17.9 Å². The van der Waals surface area contributed by atoms with E-state index >= 15 is 0 Å². The molecule has 140 valence electrons. The summed E-state index contributed by atoms with van der Waals surface area (Å²) in [5.41, 5.74) is -0.907. The summed E-state index contributed by atoms with van der Waals surface area (Å²) in [7, 11) is 0. The van der Waals surface area contributed by atoms with Crippen LogP contribution in [0.3, 0.4) is 0 Å². The van der Waals surface area contributed by atoms with Gasteiger partial charge in [-0.2, -0.15) is 0 Å². The highest BCUT2D eigenvalue weighted by Gasteiger charge is 2.55. The fourth-order valence-corrected chi connectivity index (χ4v) is 3.46. The minimum atomic E-state index is -0.988. The molecule has 1 saturated carbocycles. The van der Waals surface area contributed by atoms with Crippen molar-refractivity contribution in [1.29, 1.82) is 0 Å². The van der Waals surface area contributed by atoms with E-state index < -0.39 is 36.1 Å². The molecule has 2 N–H and O–H groups in total. The highest BCUT2D eigenvalue weighted by molar-refractivity contribution is 6.09. The number of esters is 1. The number of imide groups is 1. The predicted octanol–water partition coefficient (Wildman–Crippen LogP) is 0.943. The van der Waals surface area contributed by atoms with Crippen molar-refractivity contribution in [2.75, 3.05) is 6.54 Å². The summed E-state index contributed by atoms with van der Waals surface area (Å²) in [4.78, 5) is 49.7. The van der Waals surface area contributed by atoms with E-state index in [1.807, 2.05) is 6.92 Å². The molecular formula is C17H27N3O5. The van der Waals surface area contributed by atoms with Gasteiger partial charge in [0.05, 0.1) is 0 Å². The Morgan fingerprint density at radius 3 is 2.60 bits per heavy atom. The summed E-state index contributed by atoms with van der Waals surface area (Å²) in [5, 5.41) is 5.41. The molecule has 8 nitrogen and oxygen atoms in total. The van der Waals surface area contributed by atoms with Crippen molar-refractivity contribution >= 4 is 23.8 Å². The maximum Gasteiger partial charge on any atom is 0.327 e. The van der Waals surface area contributed by atoms with E-state index in [4.69, 9.17) is 4.74 Å². The van der Waals surface area contributed by atoms with Crippen LogP contribution in [-0.2, 0) is 19.1 Å². The van der Waals surface area contributed by atoms with Crippen LogP contribution in [0.1, 0.15) is 53.4 Å². The number of amides is 4. The van der Waals surface area contributed by atoms with E-state index in [0.717, 1.165) is 24.2 Å². The van der Waals surface area contributed by atoms with Crippen molar-refractivity contribution in [1.82, 2.24) is 15.5 Å². The van der Waals surface area contributed by atoms with Crippen LogP contribution in [0.15, 0.2) is 0 Å². The molecule has 1 heterocycles. The SMILES string of the molecule is CC(C)NC(=O)[C@H](C)OC(=O)CN1C(=O)N[C@@]2(CCCC[C@@H]2C)C1=O. The maximum absolute atomic E-state index is 12.8. The Kier molecular flexibility index (Phi) is 5.69. The van der Waals surface area contributed by atoms with E-state index in [1.54, 1.807) is 13.8 Å². The molecule has 3 atom stereocenters. The number of nitrogens with zero attached hydrogens (tertiary/aromatic N) is 1. The molecule has 1 aliphatic heterocycles. The molecule has 0 aromatic carbocycles. The molecule has 8 heteroatoms. The molecule has 0 unspecified atom stereocenters. The zero-order valence-corrected chi connectivity index (χ0v) is 15.3. The maximum atomic E-state index is 12.8. The third kappa shape index (κ3) is 3.93. The highest BCUT2D eigenvalue weighted by Crippen LogP contribution is 2.38. The lowest BCUT2D eigenvalue weighted by Crippen LogP contribution is -2.54. The van der Waals surface area contributed by atoms with Gasteiger partial charge in [-0.25, -0.2) is 4.79 Å². The number of carbonyl (C=O) groups excluding carboxylic acids is 4. The number of hydrogen-bond acceptors (Lipinski definition) is 5. The van der Waals surface area contributed by atoms with E-state index in [0.29, 0.717) is 6.42 Å². The van der Waals surface area contributed by atoms with Crippen LogP contribution in [0.2, 0.25) is 0 Å². The first-order valence-electron chi connectivity index (χ1n) is 8.81. The van der Waals surface area contributed by atoms with Gasteiger partial charge < -0.3 is 15.4 Å². The quantitative estimate of drug-likeness (QED) is 0.565. The molecule has 0 radical (unpaired) electrons. The van der Waals surface area contributed by atoms with Crippen LogP contribution in [-0.4, -0.2) is 52.9 Å². The van der Waals surface area contributed by atoms with Gasteiger partial charge >= 0.3 is 12.0 Å². The standard InChI is InChI=1S/C17H27N3O5/c1-10(2)18-14(22)12(4)25-13(21)9-20-15(23)17(19-16(20)24)8-6-5-7-11(17)3/h10-12H,5-9H2,1-4H3,(H,18,22)(H,19,24)/t11-,12-,17+/m0/s1. The molecule has 0 bridgehead atoms. The lowest BCUT2D eigenvalue weighted by Gasteiger charge is -2.36. The third-order valence-electron chi connectivity index (χ3n) is 4.90. The second-order valence-corrected chi connectivity index (χ2v) is 7.24. The van der Waals surface area contributed by atoms with Crippen LogP contribution in [0.5, 0.6) is 0 Å². The van der Waals surface area contributed by atoms with Gasteiger partial charge in [0, 0.05) is 6.04 Å². The summed E-state index contributed by atoms with van der Waals surface area (Å²) >= 11 is 0. The topological polar surface area (TPSA) is 105 Å². The van der Waals surface area contributed by atoms with Crippen molar-refractivity contribution in [3.8, 4) is 0 Å². The van der Waals surface area contributed by atoms with E-state index in [2.05, 4.69) is 10.6 Å². The van der Waals surface area contributed by atoms with Gasteiger partial charge in [0.15, 0.2) is 6.10 Å². The van der Waals surface area contributed by atoms with Crippen molar-refractivity contribution in [3.05, 3.63) is 0 Å². The second-order valence-electron chi connectivity index (χ2n) is 7.24. The molecule has 2 aliphatic rings. The smallest absolute Gasteiger partial charge is 0.327 e. The average Bonchev–Trinajstić information content (AvgIpc) is 2.75. The Morgan fingerprint density at radius 1 is 1.32 bits per heavy atom. The van der Waals surface area contributed by atoms with Gasteiger partial charge in [-0.3, -0.25) is 19.3 Å². The number of nitrogens with one attached hydrogen (secondary N) is 2. The fraction of sp³-hybridized carbons (Fsp3) is 0.765. The first kappa shape index (κ1) is 19.2. The van der Waals surface area contributed by atoms with Crippen molar-refractivity contribution < 1.29 is 23.9 Å². The Labute approximate surface area is 147 Å². The molecule has 25 heavy (non-hydrogen) atoms. The molecule has 2 fully saturated rings. The van der Waals surface area contributed by atoms with E-state index in [9.17, 15) is 19.2 Å². The lowest BCUT2D eigenvalue weighted by molar-refractivity contribution is -0.157. The van der Waals surface area contributed by atoms with Gasteiger partial charge in [-0.05, 0) is 39.5 Å². The zero-order chi connectivity index (χ0) is 18.8. The third-order valence-corrected chi connectivity index (χ3v) is 4.90. The number of hydrogen-bond donors (Lipinski definition) is 2. The molecule has 2 rings (SSSR count). The number of urea groups is 1. The fourth-order valence-electron chi connectivity index (χ4n) is 3.46. The minimum absolute atomic E-state index is 0.0227. The molecular weight excluding hydrogens is 326 g/mol. The Hall–Kier alpha value is -2.12. The Morgan fingerprint density at radius 2 is 2.00 bits per heavy atom. The largest absolute Gasteiger partial charge is 0.451 e. The van der Waals surface area contributed by atoms with Crippen LogP contribution < -0.4 is 10.6 Å². The predicted molar refractivity (Wildman–Crippen MR) is 89.4 cm³/mol. The van der Waals surface area contributed by atoms with Crippen LogP contribution >= 0.6 is 0 Å².